The van der Waals surface area contributed by atoms with Crippen LogP contribution in [0, 0.1) is 10.1 Å². The van der Waals surface area contributed by atoms with Gasteiger partial charge in [-0.2, -0.15) is 0 Å². The second kappa shape index (κ2) is 4.93. The Morgan fingerprint density at radius 1 is 1.60 bits per heavy atom. The number of nitro groups is 1. The van der Waals surface area contributed by atoms with Crippen molar-refractivity contribution < 1.29 is 13.7 Å². The summed E-state index contributed by atoms with van der Waals surface area (Å²) in [7, 11) is 0. The van der Waals surface area contributed by atoms with E-state index in [1.54, 1.807) is 0 Å². The van der Waals surface area contributed by atoms with E-state index in [9.17, 15) is 18.9 Å². The molecule has 1 heterocycles. The Hall–Kier alpha value is -0.630. The first-order chi connectivity index (χ1) is 6.97. The standard InChI is InChI=1S/C7H4Br2F2N2O2/c8-2-4-6(9)5(13(14)15)1-3(12-4)7(10)11/h1,7H,2H2. The van der Waals surface area contributed by atoms with Gasteiger partial charge in [-0.3, -0.25) is 10.1 Å². The maximum Gasteiger partial charge on any atom is 0.287 e. The molecule has 0 spiro atoms. The summed E-state index contributed by atoms with van der Waals surface area (Å²) in [4.78, 5) is 13.4. The Morgan fingerprint density at radius 3 is 2.60 bits per heavy atom. The van der Waals surface area contributed by atoms with Crippen molar-refractivity contribution >= 4 is 37.5 Å². The number of pyridine rings is 1. The van der Waals surface area contributed by atoms with Gasteiger partial charge >= 0.3 is 0 Å². The highest BCUT2D eigenvalue weighted by Crippen LogP contribution is 2.32. The van der Waals surface area contributed by atoms with Crippen molar-refractivity contribution in [2.75, 3.05) is 0 Å². The van der Waals surface area contributed by atoms with E-state index < -0.39 is 22.7 Å². The predicted octanol–water partition coefficient (Wildman–Crippen LogP) is 3.58. The molecule has 1 rings (SSSR count). The number of halogens is 4. The second-order valence-electron chi connectivity index (χ2n) is 2.52. The minimum Gasteiger partial charge on any atom is -0.258 e. The molecule has 1 aromatic rings. The summed E-state index contributed by atoms with van der Waals surface area (Å²) >= 11 is 5.96. The van der Waals surface area contributed by atoms with E-state index >= 15 is 0 Å². The molecule has 0 aliphatic rings. The van der Waals surface area contributed by atoms with Crippen LogP contribution in [-0.2, 0) is 5.33 Å². The van der Waals surface area contributed by atoms with Crippen molar-refractivity contribution in [3.63, 3.8) is 0 Å². The lowest BCUT2D eigenvalue weighted by molar-refractivity contribution is -0.385. The molecule has 0 fully saturated rings. The first kappa shape index (κ1) is 12.4. The highest BCUT2D eigenvalue weighted by atomic mass is 79.9. The van der Waals surface area contributed by atoms with Gasteiger partial charge in [0, 0.05) is 11.4 Å². The SMILES string of the molecule is O=[N+]([O-])c1cc(C(F)F)nc(CBr)c1Br. The number of hydrogen-bond acceptors (Lipinski definition) is 3. The average molecular weight is 346 g/mol. The van der Waals surface area contributed by atoms with Crippen LogP contribution in [0.1, 0.15) is 17.8 Å². The fourth-order valence-electron chi connectivity index (χ4n) is 0.922. The van der Waals surface area contributed by atoms with Gasteiger partial charge in [0.1, 0.15) is 10.2 Å². The topological polar surface area (TPSA) is 56.0 Å². The Labute approximate surface area is 100 Å². The molecular weight excluding hydrogens is 342 g/mol. The number of alkyl halides is 3. The fourth-order valence-corrected chi connectivity index (χ4v) is 2.19. The van der Waals surface area contributed by atoms with E-state index in [1.807, 2.05) is 0 Å². The minimum absolute atomic E-state index is 0.119. The van der Waals surface area contributed by atoms with E-state index in [2.05, 4.69) is 36.8 Å². The van der Waals surface area contributed by atoms with Gasteiger partial charge in [0.15, 0.2) is 0 Å². The van der Waals surface area contributed by atoms with Crippen molar-refractivity contribution in [3.05, 3.63) is 32.0 Å². The summed E-state index contributed by atoms with van der Waals surface area (Å²) in [6.07, 6.45) is -2.82. The van der Waals surface area contributed by atoms with Gasteiger partial charge in [0.05, 0.1) is 10.6 Å². The number of aromatic nitrogens is 1. The number of rotatable bonds is 3. The fraction of sp³-hybridized carbons (Fsp3) is 0.286. The van der Waals surface area contributed by atoms with Gasteiger partial charge in [0.25, 0.3) is 12.1 Å². The first-order valence-corrected chi connectivity index (χ1v) is 5.56. The summed E-state index contributed by atoms with van der Waals surface area (Å²) in [5, 5.41) is 10.7. The highest BCUT2D eigenvalue weighted by Gasteiger charge is 2.22. The van der Waals surface area contributed by atoms with Crippen molar-refractivity contribution in [1.82, 2.24) is 4.98 Å². The Kier molecular flexibility index (Phi) is 4.09. The molecule has 8 heteroatoms. The van der Waals surface area contributed by atoms with Crippen LogP contribution in [0.15, 0.2) is 10.5 Å². The average Bonchev–Trinajstić information content (AvgIpc) is 2.17. The molecule has 0 atom stereocenters. The van der Waals surface area contributed by atoms with Crippen molar-refractivity contribution in [3.8, 4) is 0 Å². The summed E-state index contributed by atoms with van der Waals surface area (Å²) < 4.78 is 24.8. The molecular formula is C7H4Br2F2N2O2. The van der Waals surface area contributed by atoms with E-state index in [-0.39, 0.29) is 15.5 Å². The van der Waals surface area contributed by atoms with E-state index in [4.69, 9.17) is 0 Å². The summed E-state index contributed by atoms with van der Waals surface area (Å²) in [5.41, 5.74) is -0.825. The monoisotopic (exact) mass is 344 g/mol. The van der Waals surface area contributed by atoms with Gasteiger partial charge in [-0.05, 0) is 15.9 Å². The van der Waals surface area contributed by atoms with Crippen LogP contribution in [0.4, 0.5) is 14.5 Å². The molecule has 4 nitrogen and oxygen atoms in total. The summed E-state index contributed by atoms with van der Waals surface area (Å²) in [6.45, 7) is 0. The maximum atomic E-state index is 12.3. The van der Waals surface area contributed by atoms with Gasteiger partial charge < -0.3 is 0 Å². The van der Waals surface area contributed by atoms with E-state index in [1.165, 1.54) is 0 Å². The number of hydrogen-bond donors (Lipinski definition) is 0. The molecule has 15 heavy (non-hydrogen) atoms. The highest BCUT2D eigenvalue weighted by molar-refractivity contribution is 9.11. The smallest absolute Gasteiger partial charge is 0.258 e. The minimum atomic E-state index is -2.82. The van der Waals surface area contributed by atoms with E-state index in [0.29, 0.717) is 0 Å². The third-order valence-corrected chi connectivity index (χ3v) is 2.97. The van der Waals surface area contributed by atoms with Gasteiger partial charge in [-0.15, -0.1) is 0 Å². The largest absolute Gasteiger partial charge is 0.287 e. The molecule has 0 unspecified atom stereocenters. The molecule has 0 N–H and O–H groups in total. The molecule has 1 aromatic heterocycles. The molecule has 0 aliphatic carbocycles. The zero-order valence-corrected chi connectivity index (χ0v) is 10.3. The maximum absolute atomic E-state index is 12.3. The zero-order chi connectivity index (χ0) is 11.6. The van der Waals surface area contributed by atoms with Gasteiger partial charge in [-0.25, -0.2) is 13.8 Å². The summed E-state index contributed by atoms with van der Waals surface area (Å²) in [6, 6.07) is 0.765. The molecule has 0 radical (unpaired) electrons. The van der Waals surface area contributed by atoms with Crippen molar-refractivity contribution in [1.29, 1.82) is 0 Å². The lowest BCUT2D eigenvalue weighted by Gasteiger charge is -2.04. The normalized spacial score (nSPS) is 10.7. The third-order valence-electron chi connectivity index (χ3n) is 1.57. The van der Waals surface area contributed by atoms with Gasteiger partial charge in [0.2, 0.25) is 0 Å². The Morgan fingerprint density at radius 2 is 2.20 bits per heavy atom. The van der Waals surface area contributed by atoms with Crippen molar-refractivity contribution in [2.45, 2.75) is 11.8 Å². The van der Waals surface area contributed by atoms with Crippen molar-refractivity contribution in [2.24, 2.45) is 0 Å². The molecule has 0 aliphatic heterocycles. The predicted molar refractivity (Wildman–Crippen MR) is 56.2 cm³/mol. The zero-order valence-electron chi connectivity index (χ0n) is 7.08. The molecule has 0 aromatic carbocycles. The first-order valence-electron chi connectivity index (χ1n) is 3.65. The Balaban J connectivity index is 3.38. The van der Waals surface area contributed by atoms with Crippen LogP contribution in [0.25, 0.3) is 0 Å². The third kappa shape index (κ3) is 2.69. The number of nitrogens with zero attached hydrogens (tertiary/aromatic N) is 2. The quantitative estimate of drug-likeness (QED) is 0.478. The van der Waals surface area contributed by atoms with Crippen LogP contribution < -0.4 is 0 Å². The second-order valence-corrected chi connectivity index (χ2v) is 3.87. The lowest BCUT2D eigenvalue weighted by atomic mass is 10.3. The van der Waals surface area contributed by atoms with Crippen LogP contribution in [0.3, 0.4) is 0 Å². The van der Waals surface area contributed by atoms with Crippen LogP contribution >= 0.6 is 31.9 Å². The molecule has 0 saturated carbocycles. The van der Waals surface area contributed by atoms with E-state index in [0.717, 1.165) is 6.07 Å². The molecule has 0 amide bonds. The Bertz CT molecular complexity index is 401. The van der Waals surface area contributed by atoms with Crippen LogP contribution in [0.2, 0.25) is 0 Å². The molecule has 82 valence electrons. The van der Waals surface area contributed by atoms with Gasteiger partial charge in [-0.1, -0.05) is 15.9 Å². The van der Waals surface area contributed by atoms with Crippen LogP contribution in [-0.4, -0.2) is 9.91 Å². The summed E-state index contributed by atoms with van der Waals surface area (Å²) in [5.74, 6) is 0. The lowest BCUT2D eigenvalue weighted by Crippen LogP contribution is -2.00. The molecule has 0 bridgehead atoms. The molecule has 0 saturated heterocycles. The van der Waals surface area contributed by atoms with Crippen LogP contribution in [0.5, 0.6) is 0 Å².